The van der Waals surface area contributed by atoms with E-state index in [1.54, 1.807) is 6.07 Å². The van der Waals surface area contributed by atoms with E-state index in [0.29, 0.717) is 15.4 Å². The average molecular weight is 323 g/mol. The summed E-state index contributed by atoms with van der Waals surface area (Å²) >= 11 is 3.25. The first-order valence-corrected chi connectivity index (χ1v) is 5.94. The van der Waals surface area contributed by atoms with Gasteiger partial charge in [0.1, 0.15) is 11.3 Å². The lowest BCUT2D eigenvalue weighted by atomic mass is 10.1. The van der Waals surface area contributed by atoms with E-state index >= 15 is 0 Å². The number of benzene rings is 1. The Morgan fingerprint density at radius 1 is 1.47 bits per heavy atom. The molecule has 0 bridgehead atoms. The molecule has 0 aliphatic carbocycles. The standard InChI is InChI=1S/C12H7BrN2O4/c1-6(16)18-11-4-10-8(3-9(11)13)7(5-15-14)2-12(17)19-10/h2-5H,1H3. The molecule has 1 aromatic heterocycles. The molecule has 0 spiro atoms. The Labute approximate surface area is 115 Å². The third kappa shape index (κ3) is 2.78. The van der Waals surface area contributed by atoms with Gasteiger partial charge < -0.3 is 14.7 Å². The number of nitrogens with zero attached hydrogens (tertiary/aromatic N) is 2. The van der Waals surface area contributed by atoms with E-state index in [2.05, 4.69) is 20.7 Å². The molecular weight excluding hydrogens is 316 g/mol. The Hall–Kier alpha value is -2.24. The van der Waals surface area contributed by atoms with Gasteiger partial charge in [-0.1, -0.05) is 0 Å². The van der Waals surface area contributed by atoms with E-state index in [4.69, 9.17) is 14.7 Å². The van der Waals surface area contributed by atoms with Crippen molar-refractivity contribution in [3.63, 3.8) is 0 Å². The molecule has 0 radical (unpaired) electrons. The van der Waals surface area contributed by atoms with E-state index < -0.39 is 11.6 Å². The summed E-state index contributed by atoms with van der Waals surface area (Å²) in [4.78, 5) is 25.2. The first-order valence-electron chi connectivity index (χ1n) is 5.14. The molecule has 0 fully saturated rings. The molecule has 2 aromatic rings. The summed E-state index contributed by atoms with van der Waals surface area (Å²) in [6.45, 7) is 1.27. The number of fused-ring (bicyclic) bond motifs is 1. The Bertz CT molecular complexity index is 775. The van der Waals surface area contributed by atoms with E-state index in [-0.39, 0.29) is 11.3 Å². The maximum absolute atomic E-state index is 11.4. The monoisotopic (exact) mass is 322 g/mol. The maximum atomic E-state index is 11.4. The number of rotatable bonds is 2. The van der Waals surface area contributed by atoms with Crippen molar-refractivity contribution in [3.8, 4) is 5.75 Å². The molecular formula is C12H7BrN2O4. The molecule has 96 valence electrons. The number of ether oxygens (including phenoxy) is 1. The summed E-state index contributed by atoms with van der Waals surface area (Å²) < 4.78 is 10.5. The normalized spacial score (nSPS) is 10.0. The number of hydrogen-bond acceptors (Lipinski definition) is 4. The summed E-state index contributed by atoms with van der Waals surface area (Å²) in [6.07, 6.45) is 1.12. The summed E-state index contributed by atoms with van der Waals surface area (Å²) in [5.41, 5.74) is 8.59. The van der Waals surface area contributed by atoms with Gasteiger partial charge in [-0.2, -0.15) is 4.79 Å². The van der Waals surface area contributed by atoms with Gasteiger partial charge in [0.2, 0.25) is 0 Å². The number of esters is 1. The number of hydrogen-bond donors (Lipinski definition) is 0. The largest absolute Gasteiger partial charge is 0.425 e. The highest BCUT2D eigenvalue weighted by Crippen LogP contribution is 2.31. The van der Waals surface area contributed by atoms with Crippen LogP contribution in [0.5, 0.6) is 5.75 Å². The van der Waals surface area contributed by atoms with Crippen molar-refractivity contribution in [1.29, 1.82) is 0 Å². The Kier molecular flexibility index (Phi) is 3.59. The van der Waals surface area contributed by atoms with Gasteiger partial charge in [0.15, 0.2) is 0 Å². The lowest BCUT2D eigenvalue weighted by molar-refractivity contribution is -0.131. The van der Waals surface area contributed by atoms with E-state index in [9.17, 15) is 9.59 Å². The quantitative estimate of drug-likeness (QED) is 0.211. The van der Waals surface area contributed by atoms with Crippen LogP contribution in [0.4, 0.5) is 0 Å². The van der Waals surface area contributed by atoms with Gasteiger partial charge in [0, 0.05) is 24.4 Å². The van der Waals surface area contributed by atoms with Gasteiger partial charge in [-0.15, -0.1) is 0 Å². The van der Waals surface area contributed by atoms with E-state index in [1.165, 1.54) is 19.1 Å². The molecule has 0 amide bonds. The lowest BCUT2D eigenvalue weighted by Crippen LogP contribution is -2.04. The smallest absolute Gasteiger partial charge is 0.337 e. The van der Waals surface area contributed by atoms with Gasteiger partial charge in [-0.25, -0.2) is 4.79 Å². The van der Waals surface area contributed by atoms with Crippen LogP contribution in [-0.4, -0.2) is 17.0 Å². The number of carbonyl (C=O) groups is 1. The molecule has 1 heterocycles. The van der Waals surface area contributed by atoms with E-state index in [1.807, 2.05) is 0 Å². The van der Waals surface area contributed by atoms with Gasteiger partial charge >= 0.3 is 11.6 Å². The van der Waals surface area contributed by atoms with Gasteiger partial charge in [-0.3, -0.25) is 4.79 Å². The Morgan fingerprint density at radius 3 is 2.84 bits per heavy atom. The highest BCUT2D eigenvalue weighted by atomic mass is 79.9. The Morgan fingerprint density at radius 2 is 2.21 bits per heavy atom. The molecule has 0 atom stereocenters. The summed E-state index contributed by atoms with van der Waals surface area (Å²) in [5.74, 6) is -0.253. The van der Waals surface area contributed by atoms with E-state index in [0.717, 1.165) is 6.21 Å². The second-order valence-electron chi connectivity index (χ2n) is 3.64. The molecule has 1 aromatic carbocycles. The van der Waals surface area contributed by atoms with Crippen molar-refractivity contribution < 1.29 is 18.7 Å². The zero-order valence-electron chi connectivity index (χ0n) is 9.71. The molecule has 7 heteroatoms. The van der Waals surface area contributed by atoms with Crippen molar-refractivity contribution in [3.05, 3.63) is 44.2 Å². The first-order chi connectivity index (χ1) is 9.01. The molecule has 0 aliphatic rings. The minimum Gasteiger partial charge on any atom is -0.425 e. The van der Waals surface area contributed by atoms with Gasteiger partial charge in [0.25, 0.3) is 6.21 Å². The summed E-state index contributed by atoms with van der Waals surface area (Å²) in [7, 11) is 0. The fraction of sp³-hybridized carbons (Fsp3) is 0.0833. The molecule has 2 rings (SSSR count). The predicted octanol–water partition coefficient (Wildman–Crippen LogP) is 2.13. The Balaban J connectivity index is 2.76. The second-order valence-corrected chi connectivity index (χ2v) is 4.49. The SMILES string of the molecule is CC(=O)Oc1cc2oc(=O)cc(C=[N+]=[N-])c2cc1Br. The van der Waals surface area contributed by atoms with Crippen molar-refractivity contribution in [2.24, 2.45) is 0 Å². The molecule has 0 unspecified atom stereocenters. The third-order valence-electron chi connectivity index (χ3n) is 2.28. The van der Waals surface area contributed by atoms with Crippen LogP contribution in [0.1, 0.15) is 12.5 Å². The maximum Gasteiger partial charge on any atom is 0.337 e. The third-order valence-corrected chi connectivity index (χ3v) is 2.90. The van der Waals surface area contributed by atoms with Crippen molar-refractivity contribution in [1.82, 2.24) is 0 Å². The van der Waals surface area contributed by atoms with Crippen LogP contribution in [0, 0.1) is 0 Å². The average Bonchev–Trinajstić information content (AvgIpc) is 2.31. The van der Waals surface area contributed by atoms with Crippen LogP contribution in [0.15, 0.2) is 31.9 Å². The van der Waals surface area contributed by atoms with Crippen LogP contribution in [0.25, 0.3) is 16.5 Å². The topological polar surface area (TPSA) is 92.9 Å². The van der Waals surface area contributed by atoms with Crippen LogP contribution in [0.3, 0.4) is 0 Å². The van der Waals surface area contributed by atoms with Gasteiger partial charge in [-0.05, 0) is 22.0 Å². The lowest BCUT2D eigenvalue weighted by Gasteiger charge is -2.06. The predicted molar refractivity (Wildman–Crippen MR) is 70.3 cm³/mol. The fourth-order valence-electron chi connectivity index (χ4n) is 1.59. The molecule has 0 N–H and O–H groups in total. The minimum atomic E-state index is -0.599. The van der Waals surface area contributed by atoms with Crippen molar-refractivity contribution in [2.75, 3.05) is 0 Å². The van der Waals surface area contributed by atoms with Crippen LogP contribution in [-0.2, 0) is 4.79 Å². The summed E-state index contributed by atoms with van der Waals surface area (Å²) in [5, 5.41) is 0.542. The van der Waals surface area contributed by atoms with Crippen LogP contribution in [0.2, 0.25) is 0 Å². The summed E-state index contributed by atoms with van der Waals surface area (Å²) in [6, 6.07) is 4.21. The zero-order valence-corrected chi connectivity index (χ0v) is 11.3. The molecule has 0 aliphatic heterocycles. The molecule has 0 saturated heterocycles. The fourth-order valence-corrected chi connectivity index (χ4v) is 2.01. The zero-order chi connectivity index (χ0) is 14.0. The van der Waals surface area contributed by atoms with Crippen molar-refractivity contribution >= 4 is 39.1 Å². The number of halogens is 1. The minimum absolute atomic E-state index is 0.224. The molecule has 0 saturated carbocycles. The highest BCUT2D eigenvalue weighted by Gasteiger charge is 2.12. The van der Waals surface area contributed by atoms with Crippen LogP contribution < -0.4 is 10.4 Å². The van der Waals surface area contributed by atoms with Crippen LogP contribution >= 0.6 is 15.9 Å². The van der Waals surface area contributed by atoms with Gasteiger partial charge in [0.05, 0.1) is 10.0 Å². The molecule has 6 nitrogen and oxygen atoms in total. The number of carbonyl (C=O) groups excluding carboxylic acids is 1. The second kappa shape index (κ2) is 5.17. The molecule has 19 heavy (non-hydrogen) atoms. The highest BCUT2D eigenvalue weighted by molar-refractivity contribution is 9.10. The van der Waals surface area contributed by atoms with Crippen molar-refractivity contribution in [2.45, 2.75) is 6.92 Å². The first kappa shape index (κ1) is 13.2.